The van der Waals surface area contributed by atoms with Crippen molar-refractivity contribution in [2.75, 3.05) is 51.0 Å². The molecule has 4 aliphatic heterocycles. The topological polar surface area (TPSA) is 190 Å². The maximum absolute atomic E-state index is 14.5. The van der Waals surface area contributed by atoms with Gasteiger partial charge in [0.2, 0.25) is 0 Å². The zero-order valence-corrected chi connectivity index (χ0v) is 46.6. The van der Waals surface area contributed by atoms with Crippen molar-refractivity contribution in [3.05, 3.63) is 153 Å². The molecule has 16 nitrogen and oxygen atoms in total. The average Bonchev–Trinajstić information content (AvgIpc) is 4.08. The van der Waals surface area contributed by atoms with Crippen molar-refractivity contribution >= 4 is 41.0 Å². The molecule has 81 heavy (non-hydrogen) atoms. The fourth-order valence-corrected chi connectivity index (χ4v) is 11.1. The number of ether oxygens (including phenoxy) is 2. The number of aryl methyl sites for hydroxylation is 6. The van der Waals surface area contributed by atoms with Crippen molar-refractivity contribution in [3.63, 3.8) is 0 Å². The second-order valence-electron chi connectivity index (χ2n) is 21.1. The average molecular weight is 1110 g/mol. The molecule has 4 aliphatic rings. The zero-order valence-electron chi connectivity index (χ0n) is 46.6. The number of unbranched alkanes of at least 4 members (excludes halogenated alkanes) is 2. The third-order valence-electron chi connectivity index (χ3n) is 15.1. The molecule has 8 heterocycles. The van der Waals surface area contributed by atoms with Crippen LogP contribution in [0.5, 0.6) is 11.5 Å². The molecule has 18 heteroatoms. The van der Waals surface area contributed by atoms with Gasteiger partial charge in [0.15, 0.2) is 23.1 Å². The Morgan fingerprint density at radius 1 is 0.593 bits per heavy atom. The lowest BCUT2D eigenvalue weighted by Gasteiger charge is -2.35. The number of ketones is 2. The van der Waals surface area contributed by atoms with E-state index in [1.807, 2.05) is 21.3 Å². The van der Waals surface area contributed by atoms with Crippen LogP contribution in [0.4, 0.5) is 20.4 Å². The minimum atomic E-state index is -0.833. The van der Waals surface area contributed by atoms with Gasteiger partial charge in [0.05, 0.1) is 26.3 Å². The van der Waals surface area contributed by atoms with Gasteiger partial charge in [-0.15, -0.1) is 0 Å². The molecule has 2 amide bonds. The monoisotopic (exact) mass is 1110 g/mol. The number of halogens is 2. The highest BCUT2D eigenvalue weighted by molar-refractivity contribution is 5.95. The van der Waals surface area contributed by atoms with Crippen molar-refractivity contribution in [1.29, 1.82) is 0 Å². The number of carbonyl (C=O) groups is 5. The van der Waals surface area contributed by atoms with E-state index in [1.54, 1.807) is 34.1 Å². The van der Waals surface area contributed by atoms with Crippen LogP contribution >= 0.6 is 0 Å². The summed E-state index contributed by atoms with van der Waals surface area (Å²) in [5.41, 5.74) is 9.55. The molecule has 3 N–H and O–H groups in total. The first kappa shape index (κ1) is 60.7. The quantitative estimate of drug-likeness (QED) is 0.0614. The lowest BCUT2D eigenvalue weighted by atomic mass is 9.98. The number of aliphatic carboxylic acids is 1. The third kappa shape index (κ3) is 15.7. The number of fused-ring (bicyclic) bond motifs is 4. The number of carbonyl (C=O) groups excluding carboxylic acids is 4. The van der Waals surface area contributed by atoms with E-state index in [-0.39, 0.29) is 55.1 Å². The van der Waals surface area contributed by atoms with Gasteiger partial charge in [-0.2, -0.15) is 0 Å². The number of rotatable bonds is 20. The van der Waals surface area contributed by atoms with Gasteiger partial charge < -0.3 is 44.1 Å². The fraction of sp³-hybridized carbons (Fsp3) is 0.444. The second-order valence-corrected chi connectivity index (χ2v) is 21.1. The van der Waals surface area contributed by atoms with Gasteiger partial charge in [-0.1, -0.05) is 31.7 Å². The zero-order chi connectivity index (χ0) is 56.9. The molecule has 6 aromatic rings. The van der Waals surface area contributed by atoms with Crippen molar-refractivity contribution in [3.8, 4) is 11.5 Å². The molecule has 0 bridgehead atoms. The van der Waals surface area contributed by atoms with Crippen LogP contribution in [-0.2, 0) is 66.0 Å². The van der Waals surface area contributed by atoms with Crippen LogP contribution in [0.2, 0.25) is 0 Å². The summed E-state index contributed by atoms with van der Waals surface area (Å²) in [4.78, 5) is 73.2. The largest absolute Gasteiger partial charge is 0.494 e. The van der Waals surface area contributed by atoms with Crippen LogP contribution in [0.3, 0.4) is 0 Å². The standard InChI is InChI=1S/2C30H35FN4O3.C2H4O2.CH4/c2*1-20(36)16-26(23-10-12-28(38-2)25(31)18-23)35-15-14-34-19-21(17-27(34)30(35)37)6-3-4-8-24-11-9-22-7-5-13-32-29(22)33-24;1-2(3)4;/h2*9-12,17-19,26H,3-8,13-16H2,1-2H3,(H,32,33);1H3,(H,3,4);1H4/t2*26-;;/m00../s1. The SMILES string of the molecule is C.CC(=O)O.COc1ccc([C@H](CC(C)=O)N2CCn3cc(CCCCc4ccc5c(n4)NCCC5)cc3C2=O)cc1F.COc1ccc([C@H](CC(C)=O)N2CCn3cc(CCCCc4ccc5c(n4)NCCC5)cc3C2=O)cc1F. The predicted octanol–water partition coefficient (Wildman–Crippen LogP) is 11.0. The molecule has 0 spiro atoms. The number of benzene rings is 2. The Morgan fingerprint density at radius 2 is 0.988 bits per heavy atom. The lowest BCUT2D eigenvalue weighted by molar-refractivity contribution is -0.134. The maximum Gasteiger partial charge on any atom is 0.300 e. The van der Waals surface area contributed by atoms with Gasteiger partial charge >= 0.3 is 0 Å². The van der Waals surface area contributed by atoms with Crippen LogP contribution < -0.4 is 20.1 Å². The van der Waals surface area contributed by atoms with Crippen molar-refractivity contribution < 1.29 is 47.3 Å². The van der Waals surface area contributed by atoms with Gasteiger partial charge in [-0.3, -0.25) is 24.0 Å². The number of Topliss-reactive ketones (excluding diaryl/α,β-unsaturated/α-hetero) is 2. The molecule has 10 rings (SSSR count). The molecule has 0 radical (unpaired) electrons. The van der Waals surface area contributed by atoms with Gasteiger partial charge in [-0.25, -0.2) is 18.7 Å². The summed E-state index contributed by atoms with van der Waals surface area (Å²) < 4.78 is 43.0. The van der Waals surface area contributed by atoms with Crippen LogP contribution in [0, 0.1) is 11.6 Å². The molecule has 0 unspecified atom stereocenters. The summed E-state index contributed by atoms with van der Waals surface area (Å²) in [5, 5.41) is 14.2. The molecule has 0 saturated carbocycles. The Hall–Kier alpha value is -7.89. The van der Waals surface area contributed by atoms with E-state index < -0.39 is 29.7 Å². The second kappa shape index (κ2) is 28.5. The highest BCUT2D eigenvalue weighted by Crippen LogP contribution is 2.34. The van der Waals surface area contributed by atoms with E-state index in [0.717, 1.165) is 131 Å². The van der Waals surface area contributed by atoms with Gasteiger partial charge in [0, 0.05) is 82.8 Å². The predicted molar refractivity (Wildman–Crippen MR) is 308 cm³/mol. The Labute approximate surface area is 474 Å². The summed E-state index contributed by atoms with van der Waals surface area (Å²) in [5.74, 6) is 0.151. The molecule has 0 saturated heterocycles. The molecule has 0 aliphatic carbocycles. The third-order valence-corrected chi connectivity index (χ3v) is 15.1. The first-order valence-corrected chi connectivity index (χ1v) is 27.9. The summed E-state index contributed by atoms with van der Waals surface area (Å²) >= 11 is 0. The molecular formula is C63H78F2N8O8. The van der Waals surface area contributed by atoms with Gasteiger partial charge in [0.1, 0.15) is 34.6 Å². The maximum atomic E-state index is 14.5. The summed E-state index contributed by atoms with van der Waals surface area (Å²) in [7, 11) is 2.82. The van der Waals surface area contributed by atoms with Crippen molar-refractivity contribution in [2.24, 2.45) is 0 Å². The number of hydrogen-bond acceptors (Lipinski definition) is 11. The highest BCUT2D eigenvalue weighted by Gasteiger charge is 2.34. The Kier molecular flexibility index (Phi) is 21.4. The molecule has 2 atom stereocenters. The first-order valence-electron chi connectivity index (χ1n) is 27.9. The number of carboxylic acids is 1. The van der Waals surface area contributed by atoms with Crippen LogP contribution in [0.1, 0.15) is 157 Å². The van der Waals surface area contributed by atoms with Crippen molar-refractivity contribution in [1.82, 2.24) is 28.9 Å². The first-order chi connectivity index (χ1) is 38.6. The van der Waals surface area contributed by atoms with E-state index in [2.05, 4.69) is 47.3 Å². The van der Waals surface area contributed by atoms with E-state index in [4.69, 9.17) is 29.3 Å². The van der Waals surface area contributed by atoms with Gasteiger partial charge in [-0.05, 0) is 173 Å². The minimum Gasteiger partial charge on any atom is -0.494 e. The summed E-state index contributed by atoms with van der Waals surface area (Å²) in [6.45, 7) is 8.26. The number of aromatic nitrogens is 4. The van der Waals surface area contributed by atoms with Crippen LogP contribution in [0.15, 0.2) is 85.2 Å². The smallest absolute Gasteiger partial charge is 0.300 e. The molecule has 0 fully saturated rings. The molecule has 4 aromatic heterocycles. The normalized spacial score (nSPS) is 14.8. The number of hydrogen-bond donors (Lipinski definition) is 3. The number of amides is 2. The minimum absolute atomic E-state index is 0. The molecule has 2 aromatic carbocycles. The number of nitrogens with one attached hydrogen (secondary N) is 2. The number of nitrogens with zero attached hydrogens (tertiary/aromatic N) is 6. The summed E-state index contributed by atoms with van der Waals surface area (Å²) in [6, 6.07) is 20.9. The Balaban J connectivity index is 0.000000217. The number of anilines is 2. The van der Waals surface area contributed by atoms with E-state index in [1.165, 1.54) is 51.3 Å². The van der Waals surface area contributed by atoms with Gasteiger partial charge in [0.25, 0.3) is 17.8 Å². The molecular weight excluding hydrogens is 1030 g/mol. The van der Waals surface area contributed by atoms with Crippen molar-refractivity contribution in [2.45, 2.75) is 143 Å². The molecule has 432 valence electrons. The van der Waals surface area contributed by atoms with E-state index in [0.29, 0.717) is 48.7 Å². The number of carboxylic acid groups (broad SMARTS) is 1. The summed E-state index contributed by atoms with van der Waals surface area (Å²) in [6.07, 6.45) is 16.6. The number of methoxy groups -OCH3 is 2. The number of pyridine rings is 2. The van der Waals surface area contributed by atoms with E-state index >= 15 is 0 Å². The van der Waals surface area contributed by atoms with Crippen LogP contribution in [0.25, 0.3) is 0 Å². The Bertz CT molecular complexity index is 2980. The fourth-order valence-electron chi connectivity index (χ4n) is 11.1. The van der Waals surface area contributed by atoms with E-state index in [9.17, 15) is 28.0 Å². The lowest BCUT2D eigenvalue weighted by Crippen LogP contribution is -2.42. The Morgan fingerprint density at radius 3 is 1.36 bits per heavy atom. The van der Waals surface area contributed by atoms with Crippen LogP contribution in [-0.4, -0.2) is 104 Å². The highest BCUT2D eigenvalue weighted by atomic mass is 19.1.